The third-order valence-electron chi connectivity index (χ3n) is 5.18. The zero-order valence-electron chi connectivity index (χ0n) is 21.4. The van der Waals surface area contributed by atoms with E-state index in [4.69, 9.17) is 10.3 Å². The first-order valence-corrected chi connectivity index (χ1v) is 12.2. The molecule has 1 aliphatic heterocycles. The quantitative estimate of drug-likeness (QED) is 0.543. The molecule has 0 radical (unpaired) electrons. The van der Waals surface area contributed by atoms with Gasteiger partial charge >= 0.3 is 0 Å². The predicted molar refractivity (Wildman–Crippen MR) is 143 cm³/mol. The van der Waals surface area contributed by atoms with Crippen molar-refractivity contribution in [3.63, 3.8) is 0 Å². The highest BCUT2D eigenvalue weighted by atomic mass is 16.5. The second kappa shape index (κ2) is 14.4. The molecule has 0 spiro atoms. The molecule has 2 aromatic heterocycles. The zero-order valence-corrected chi connectivity index (χ0v) is 21.4. The molecule has 1 aliphatic carbocycles. The Morgan fingerprint density at radius 2 is 1.77 bits per heavy atom. The van der Waals surface area contributed by atoms with Crippen LogP contribution in [0.1, 0.15) is 52.0 Å². The molecule has 7 nitrogen and oxygen atoms in total. The van der Waals surface area contributed by atoms with Crippen molar-refractivity contribution in [1.82, 2.24) is 15.0 Å². The number of hydroxylamine groups is 1. The van der Waals surface area contributed by atoms with E-state index in [-0.39, 0.29) is 5.56 Å². The monoisotopic (exact) mass is 480 g/mol. The summed E-state index contributed by atoms with van der Waals surface area (Å²) in [5.41, 5.74) is 4.43. The van der Waals surface area contributed by atoms with E-state index in [1.807, 2.05) is 24.4 Å². The molecule has 3 N–H and O–H groups in total. The molecule has 0 unspecified atom stereocenters. The van der Waals surface area contributed by atoms with Crippen LogP contribution in [-0.4, -0.2) is 45.6 Å². The number of pyridine rings is 2. The fourth-order valence-electron chi connectivity index (χ4n) is 3.62. The summed E-state index contributed by atoms with van der Waals surface area (Å²) in [4.78, 5) is 19.4. The molecule has 3 heterocycles. The number of aromatic nitrogens is 2. The number of hydrogen-bond acceptors (Lipinski definition) is 6. The highest BCUT2D eigenvalue weighted by Gasteiger charge is 2.13. The first-order valence-electron chi connectivity index (χ1n) is 12.2. The predicted octanol–water partition coefficient (Wildman–Crippen LogP) is 4.58. The van der Waals surface area contributed by atoms with Crippen molar-refractivity contribution in [2.75, 3.05) is 25.0 Å². The SMILES string of the molecule is CC(C)(C)O.CNO.O=c1cc(CCC2=CC=CCC=C2)ccn1-c1ccc(N2CCCC2)nc1. The number of anilines is 1. The summed E-state index contributed by atoms with van der Waals surface area (Å²) in [7, 11) is 1.43. The second-order valence-electron chi connectivity index (χ2n) is 9.51. The van der Waals surface area contributed by atoms with Crippen LogP contribution in [0.3, 0.4) is 0 Å². The van der Waals surface area contributed by atoms with Gasteiger partial charge in [-0.15, -0.1) is 0 Å². The van der Waals surface area contributed by atoms with E-state index in [1.165, 1.54) is 25.5 Å². The van der Waals surface area contributed by atoms with Crippen molar-refractivity contribution < 1.29 is 10.3 Å². The average Bonchev–Trinajstić information content (AvgIpc) is 3.21. The van der Waals surface area contributed by atoms with Crippen molar-refractivity contribution in [3.8, 4) is 5.69 Å². The summed E-state index contributed by atoms with van der Waals surface area (Å²) in [5.74, 6) is 1.000. The molecule has 7 heteroatoms. The van der Waals surface area contributed by atoms with Crippen LogP contribution in [0.15, 0.2) is 77.4 Å². The molecular weight excluding hydrogens is 440 g/mol. The molecule has 0 bridgehead atoms. The minimum atomic E-state index is -0.500. The first-order chi connectivity index (χ1) is 16.7. The van der Waals surface area contributed by atoms with E-state index >= 15 is 0 Å². The summed E-state index contributed by atoms with van der Waals surface area (Å²) in [6.07, 6.45) is 19.7. The number of hydrogen-bond donors (Lipinski definition) is 3. The average molecular weight is 481 g/mol. The Morgan fingerprint density at radius 3 is 2.37 bits per heavy atom. The Labute approximate surface area is 209 Å². The molecule has 0 saturated carbocycles. The van der Waals surface area contributed by atoms with Gasteiger partial charge in [0.05, 0.1) is 17.5 Å². The van der Waals surface area contributed by atoms with Crippen molar-refractivity contribution in [2.24, 2.45) is 0 Å². The summed E-state index contributed by atoms with van der Waals surface area (Å²) in [6, 6.07) is 7.77. The topological polar surface area (TPSA) is 90.6 Å². The molecule has 0 amide bonds. The number of allylic oxidation sites excluding steroid dienone is 6. The van der Waals surface area contributed by atoms with Gasteiger partial charge in [0.2, 0.25) is 0 Å². The fourth-order valence-corrected chi connectivity index (χ4v) is 3.62. The molecule has 1 fully saturated rings. The normalized spacial score (nSPS) is 14.9. The van der Waals surface area contributed by atoms with E-state index in [1.54, 1.807) is 43.1 Å². The molecule has 0 aromatic carbocycles. The van der Waals surface area contributed by atoms with Gasteiger partial charge in [0.25, 0.3) is 5.56 Å². The largest absolute Gasteiger partial charge is 0.391 e. The Morgan fingerprint density at radius 1 is 1.09 bits per heavy atom. The Kier molecular flexibility index (Phi) is 11.6. The van der Waals surface area contributed by atoms with Crippen molar-refractivity contribution in [1.29, 1.82) is 0 Å². The van der Waals surface area contributed by atoms with E-state index in [2.05, 4.69) is 40.3 Å². The van der Waals surface area contributed by atoms with Crippen molar-refractivity contribution in [2.45, 2.75) is 58.5 Å². The fraction of sp³-hybridized carbons (Fsp3) is 0.429. The van der Waals surface area contributed by atoms with Gasteiger partial charge < -0.3 is 15.2 Å². The molecule has 1 saturated heterocycles. The van der Waals surface area contributed by atoms with Crippen LogP contribution in [0.4, 0.5) is 5.82 Å². The number of nitrogens with zero attached hydrogens (tertiary/aromatic N) is 3. The van der Waals surface area contributed by atoms with Gasteiger partial charge in [-0.1, -0.05) is 30.4 Å². The molecular formula is C28H40N4O3. The molecule has 2 aromatic rings. The third-order valence-corrected chi connectivity index (χ3v) is 5.18. The molecule has 190 valence electrons. The van der Waals surface area contributed by atoms with Gasteiger partial charge in [-0.2, -0.15) is 0 Å². The summed E-state index contributed by atoms with van der Waals surface area (Å²) < 4.78 is 1.66. The summed E-state index contributed by atoms with van der Waals surface area (Å²) in [5, 5.41) is 15.8. The molecule has 35 heavy (non-hydrogen) atoms. The van der Waals surface area contributed by atoms with E-state index in [0.29, 0.717) is 0 Å². The van der Waals surface area contributed by atoms with Crippen molar-refractivity contribution in [3.05, 3.63) is 88.5 Å². The zero-order chi connectivity index (χ0) is 25.7. The summed E-state index contributed by atoms with van der Waals surface area (Å²) >= 11 is 0. The highest BCUT2D eigenvalue weighted by Crippen LogP contribution is 2.18. The van der Waals surface area contributed by atoms with Crippen LogP contribution in [-0.2, 0) is 6.42 Å². The van der Waals surface area contributed by atoms with Gasteiger partial charge in [-0.3, -0.25) is 9.36 Å². The Balaban J connectivity index is 0.000000473. The standard InChI is InChI=1S/C23H25N3O.C4H10O.CH5NO/c27-23-17-20(10-9-19-7-3-1-2-4-8-19)13-16-26(23)21-11-12-22(24-18-21)25-14-5-6-15-25;1-4(2,3)5;1-2-3/h1,3-4,7-8,11-13,16-18H,2,5-6,9-10,14-15H2;5H,1-3H3;2-3H,1H3. The number of aliphatic hydroxyl groups is 1. The minimum absolute atomic E-state index is 0.00601. The van der Waals surface area contributed by atoms with Crippen LogP contribution in [0, 0.1) is 0 Å². The van der Waals surface area contributed by atoms with Crippen LogP contribution in [0.2, 0.25) is 0 Å². The van der Waals surface area contributed by atoms with Gasteiger partial charge in [0.15, 0.2) is 0 Å². The van der Waals surface area contributed by atoms with Gasteiger partial charge in [0, 0.05) is 32.4 Å². The van der Waals surface area contributed by atoms with Gasteiger partial charge in [-0.25, -0.2) is 10.5 Å². The number of rotatable bonds is 5. The Hall–Kier alpha value is -3.00. The van der Waals surface area contributed by atoms with Crippen LogP contribution in [0.25, 0.3) is 5.69 Å². The lowest BCUT2D eigenvalue weighted by Gasteiger charge is -2.16. The molecule has 0 atom stereocenters. The van der Waals surface area contributed by atoms with Crippen LogP contribution >= 0.6 is 0 Å². The maximum Gasteiger partial charge on any atom is 0.255 e. The van der Waals surface area contributed by atoms with E-state index < -0.39 is 5.60 Å². The van der Waals surface area contributed by atoms with Gasteiger partial charge in [0.1, 0.15) is 5.82 Å². The first kappa shape index (κ1) is 28.2. The molecule has 2 aliphatic rings. The van der Waals surface area contributed by atoms with Crippen molar-refractivity contribution >= 4 is 5.82 Å². The smallest absolute Gasteiger partial charge is 0.255 e. The lowest BCUT2D eigenvalue weighted by molar-refractivity contribution is 0.102. The maximum atomic E-state index is 12.6. The maximum absolute atomic E-state index is 12.6. The highest BCUT2D eigenvalue weighted by molar-refractivity contribution is 5.44. The van der Waals surface area contributed by atoms with Crippen LogP contribution in [0.5, 0.6) is 0 Å². The van der Waals surface area contributed by atoms with E-state index in [0.717, 1.165) is 49.4 Å². The third kappa shape index (κ3) is 10.9. The number of nitrogens with one attached hydrogen (secondary N) is 1. The summed E-state index contributed by atoms with van der Waals surface area (Å²) in [6.45, 7) is 7.37. The van der Waals surface area contributed by atoms with E-state index in [9.17, 15) is 4.79 Å². The van der Waals surface area contributed by atoms with Gasteiger partial charge in [-0.05, 0) is 82.2 Å². The lowest BCUT2D eigenvalue weighted by Crippen LogP contribution is -2.20. The van der Waals surface area contributed by atoms with Crippen LogP contribution < -0.4 is 15.9 Å². The minimum Gasteiger partial charge on any atom is -0.391 e. The second-order valence-corrected chi connectivity index (χ2v) is 9.51. The Bertz CT molecular complexity index is 1040. The number of aryl methyl sites for hydroxylation is 1. The lowest BCUT2D eigenvalue weighted by atomic mass is 10.0. The molecule has 4 rings (SSSR count).